The van der Waals surface area contributed by atoms with Crippen LogP contribution >= 0.6 is 0 Å². The van der Waals surface area contributed by atoms with Crippen LogP contribution in [0.2, 0.25) is 0 Å². The molecular weight excluding hydrogens is 284 g/mol. The summed E-state index contributed by atoms with van der Waals surface area (Å²) in [6, 6.07) is 0. The smallest absolute Gasteiger partial charge is 0.330 e. The van der Waals surface area contributed by atoms with Crippen LogP contribution < -0.4 is 21.9 Å². The van der Waals surface area contributed by atoms with Crippen LogP contribution in [0.15, 0.2) is 9.59 Å². The summed E-state index contributed by atoms with van der Waals surface area (Å²) in [5.74, 6) is -0.183. The number of unbranched alkanes of at least 4 members (excludes halogenated alkanes) is 1. The van der Waals surface area contributed by atoms with E-state index < -0.39 is 11.2 Å². The van der Waals surface area contributed by atoms with Gasteiger partial charge in [0.1, 0.15) is 5.82 Å². The summed E-state index contributed by atoms with van der Waals surface area (Å²) in [6.07, 6.45) is 1.92. The number of rotatable bonds is 5. The number of aromatic nitrogens is 2. The van der Waals surface area contributed by atoms with Gasteiger partial charge in [-0.15, -0.1) is 0 Å². The van der Waals surface area contributed by atoms with Gasteiger partial charge in [0.05, 0.1) is 0 Å². The molecular formula is C15H26N4O3. The van der Waals surface area contributed by atoms with Crippen LogP contribution in [-0.4, -0.2) is 22.5 Å². The number of amides is 1. The summed E-state index contributed by atoms with van der Waals surface area (Å²) in [5.41, 5.74) is 4.62. The minimum Gasteiger partial charge on any atom is -0.383 e. The van der Waals surface area contributed by atoms with Crippen molar-refractivity contribution < 1.29 is 4.79 Å². The second-order valence-electron chi connectivity index (χ2n) is 6.69. The summed E-state index contributed by atoms with van der Waals surface area (Å²) >= 11 is 0. The van der Waals surface area contributed by atoms with Crippen LogP contribution in [0.4, 0.5) is 11.5 Å². The number of carbonyl (C=O) groups excluding carboxylic acids is 1. The third-order valence-electron chi connectivity index (χ3n) is 3.34. The summed E-state index contributed by atoms with van der Waals surface area (Å²) in [4.78, 5) is 39.7. The molecule has 0 atom stereocenters. The van der Waals surface area contributed by atoms with Gasteiger partial charge in [-0.1, -0.05) is 34.1 Å². The van der Waals surface area contributed by atoms with Gasteiger partial charge >= 0.3 is 5.69 Å². The number of hydrogen-bond acceptors (Lipinski definition) is 4. The fourth-order valence-electron chi connectivity index (χ4n) is 2.14. The summed E-state index contributed by atoms with van der Waals surface area (Å²) in [7, 11) is 1.50. The van der Waals surface area contributed by atoms with Crippen LogP contribution in [0.3, 0.4) is 0 Å². The van der Waals surface area contributed by atoms with Crippen LogP contribution in [0.5, 0.6) is 0 Å². The SMILES string of the molecule is CCCCn1c(N)c(N(C)C(=O)CC(C)(C)C)c(=O)[nH]c1=O. The van der Waals surface area contributed by atoms with E-state index in [0.717, 1.165) is 12.8 Å². The maximum atomic E-state index is 12.3. The number of aromatic amines is 1. The van der Waals surface area contributed by atoms with Gasteiger partial charge in [0.2, 0.25) is 5.91 Å². The lowest BCUT2D eigenvalue weighted by Gasteiger charge is -2.24. The summed E-state index contributed by atoms with van der Waals surface area (Å²) in [6.45, 7) is 8.22. The lowest BCUT2D eigenvalue weighted by molar-refractivity contribution is -0.120. The first-order valence-corrected chi connectivity index (χ1v) is 7.47. The Balaban J connectivity index is 3.26. The van der Waals surface area contributed by atoms with Gasteiger partial charge in [-0.25, -0.2) is 4.79 Å². The second kappa shape index (κ2) is 6.81. The summed E-state index contributed by atoms with van der Waals surface area (Å²) in [5, 5.41) is 0. The van der Waals surface area contributed by atoms with Gasteiger partial charge in [-0.2, -0.15) is 0 Å². The van der Waals surface area contributed by atoms with Crippen LogP contribution in [0.25, 0.3) is 0 Å². The molecule has 0 unspecified atom stereocenters. The molecule has 1 amide bonds. The quantitative estimate of drug-likeness (QED) is 0.856. The summed E-state index contributed by atoms with van der Waals surface area (Å²) < 4.78 is 1.31. The van der Waals surface area contributed by atoms with Gasteiger partial charge in [0.25, 0.3) is 5.56 Å². The third kappa shape index (κ3) is 4.22. The molecule has 1 aromatic heterocycles. The minimum absolute atomic E-state index is 0.0324. The van der Waals surface area contributed by atoms with Crippen LogP contribution in [0.1, 0.15) is 47.0 Å². The molecule has 0 spiro atoms. The van der Waals surface area contributed by atoms with E-state index in [1.165, 1.54) is 16.5 Å². The standard InChI is InChI=1S/C15H26N4O3/c1-6-7-8-19-12(16)11(13(21)17-14(19)22)18(5)10(20)9-15(2,3)4/h6-9,16H2,1-5H3,(H,17,21,22). The van der Waals surface area contributed by atoms with Gasteiger partial charge in [0.15, 0.2) is 5.69 Å². The minimum atomic E-state index is -0.639. The predicted molar refractivity (Wildman–Crippen MR) is 88.1 cm³/mol. The molecule has 1 rings (SSSR count). The van der Waals surface area contributed by atoms with Gasteiger partial charge in [0, 0.05) is 20.0 Å². The van der Waals surface area contributed by atoms with E-state index in [0.29, 0.717) is 6.54 Å². The Labute approximate surface area is 130 Å². The number of H-pyrrole nitrogens is 1. The first-order valence-electron chi connectivity index (χ1n) is 7.47. The van der Waals surface area contributed by atoms with E-state index in [1.54, 1.807) is 0 Å². The van der Waals surface area contributed by atoms with E-state index in [2.05, 4.69) is 4.98 Å². The Morgan fingerprint density at radius 1 is 1.32 bits per heavy atom. The zero-order valence-electron chi connectivity index (χ0n) is 14.0. The molecule has 0 saturated heterocycles. The van der Waals surface area contributed by atoms with Crippen molar-refractivity contribution in [3.63, 3.8) is 0 Å². The first-order chi connectivity index (χ1) is 10.1. The largest absolute Gasteiger partial charge is 0.383 e. The number of nitrogens with one attached hydrogen (secondary N) is 1. The Morgan fingerprint density at radius 2 is 1.91 bits per heavy atom. The van der Waals surface area contributed by atoms with Crippen molar-refractivity contribution in [1.82, 2.24) is 9.55 Å². The predicted octanol–water partition coefficient (Wildman–Crippen LogP) is 1.32. The number of anilines is 2. The zero-order valence-corrected chi connectivity index (χ0v) is 14.0. The van der Waals surface area contributed by atoms with Crippen LogP contribution in [-0.2, 0) is 11.3 Å². The maximum absolute atomic E-state index is 12.3. The normalized spacial score (nSPS) is 11.5. The molecule has 22 heavy (non-hydrogen) atoms. The number of hydrogen-bond donors (Lipinski definition) is 2. The number of nitrogens with two attached hydrogens (primary N) is 1. The number of carbonyl (C=O) groups is 1. The Hall–Kier alpha value is -2.05. The molecule has 0 aromatic carbocycles. The van der Waals surface area contributed by atoms with Crippen molar-refractivity contribution in [2.24, 2.45) is 5.41 Å². The van der Waals surface area contributed by atoms with Gasteiger partial charge < -0.3 is 10.6 Å². The highest BCUT2D eigenvalue weighted by Crippen LogP contribution is 2.23. The van der Waals surface area contributed by atoms with Crippen molar-refractivity contribution in [1.29, 1.82) is 0 Å². The average molecular weight is 310 g/mol. The Kier molecular flexibility index (Phi) is 5.57. The van der Waals surface area contributed by atoms with E-state index >= 15 is 0 Å². The first kappa shape index (κ1) is 18.0. The topological polar surface area (TPSA) is 101 Å². The van der Waals surface area contributed by atoms with E-state index in [4.69, 9.17) is 5.73 Å². The maximum Gasteiger partial charge on any atom is 0.330 e. The van der Waals surface area contributed by atoms with E-state index in [9.17, 15) is 14.4 Å². The molecule has 124 valence electrons. The highest BCUT2D eigenvalue weighted by Gasteiger charge is 2.24. The van der Waals surface area contributed by atoms with E-state index in [-0.39, 0.29) is 29.2 Å². The van der Waals surface area contributed by atoms with E-state index in [1.807, 2.05) is 27.7 Å². The molecule has 1 aromatic rings. The molecule has 1 heterocycles. The third-order valence-corrected chi connectivity index (χ3v) is 3.34. The molecule has 0 aliphatic heterocycles. The zero-order chi connectivity index (χ0) is 17.1. The van der Waals surface area contributed by atoms with Crippen molar-refractivity contribution in [2.75, 3.05) is 17.7 Å². The molecule has 0 fully saturated rings. The van der Waals surface area contributed by atoms with Crippen LogP contribution in [0, 0.1) is 5.41 Å². The fraction of sp³-hybridized carbons (Fsp3) is 0.667. The molecule has 7 nitrogen and oxygen atoms in total. The van der Waals surface area contributed by atoms with Gasteiger partial charge in [-0.05, 0) is 11.8 Å². The van der Waals surface area contributed by atoms with Crippen molar-refractivity contribution in [2.45, 2.75) is 53.5 Å². The highest BCUT2D eigenvalue weighted by atomic mass is 16.2. The average Bonchev–Trinajstić information content (AvgIpc) is 2.35. The Morgan fingerprint density at radius 3 is 2.41 bits per heavy atom. The fourth-order valence-corrected chi connectivity index (χ4v) is 2.14. The molecule has 7 heteroatoms. The lowest BCUT2D eigenvalue weighted by Crippen LogP contribution is -2.40. The molecule has 0 bridgehead atoms. The molecule has 0 saturated carbocycles. The monoisotopic (exact) mass is 310 g/mol. The second-order valence-corrected chi connectivity index (χ2v) is 6.69. The Bertz CT molecular complexity index is 652. The van der Waals surface area contributed by atoms with Crippen molar-refractivity contribution >= 4 is 17.4 Å². The molecule has 3 N–H and O–H groups in total. The van der Waals surface area contributed by atoms with Crippen molar-refractivity contribution in [3.05, 3.63) is 20.8 Å². The molecule has 0 radical (unpaired) electrons. The highest BCUT2D eigenvalue weighted by molar-refractivity contribution is 5.95. The number of nitrogen functional groups attached to an aromatic ring is 1. The lowest BCUT2D eigenvalue weighted by atomic mass is 9.91. The molecule has 0 aliphatic carbocycles. The molecule has 0 aliphatic rings. The van der Waals surface area contributed by atoms with Gasteiger partial charge in [-0.3, -0.25) is 19.1 Å². The number of nitrogens with zero attached hydrogens (tertiary/aromatic N) is 2. The van der Waals surface area contributed by atoms with Crippen molar-refractivity contribution in [3.8, 4) is 0 Å².